The fourth-order valence-electron chi connectivity index (χ4n) is 0.548. The van der Waals surface area contributed by atoms with E-state index in [1.165, 1.54) is 0 Å². The number of rotatable bonds is 1. The molecule has 0 aliphatic carbocycles. The molecule has 1 amide bonds. The van der Waals surface area contributed by atoms with Crippen LogP contribution >= 0.6 is 0 Å². The number of nitrogens with two attached hydrogens (primary N) is 2. The molecular formula is C5H8N4O. The van der Waals surface area contributed by atoms with Gasteiger partial charge in [-0.25, -0.2) is 0 Å². The van der Waals surface area contributed by atoms with Crippen LogP contribution in [0.1, 0.15) is 14.5 Å². The zero-order valence-electron chi connectivity index (χ0n) is 8.03. The maximum atomic E-state index is 10.7. The van der Waals surface area contributed by atoms with Crippen LogP contribution < -0.4 is 11.5 Å². The van der Waals surface area contributed by atoms with Gasteiger partial charge in [0.25, 0.3) is 5.91 Å². The normalized spacial score (nSPS) is 15.4. The second-order valence-electron chi connectivity index (χ2n) is 1.72. The second-order valence-corrected chi connectivity index (χ2v) is 1.72. The molecule has 54 valence electrons. The first kappa shape index (κ1) is 3.60. The van der Waals surface area contributed by atoms with E-state index in [1.54, 1.807) is 0 Å². The molecule has 0 atom stereocenters. The highest BCUT2D eigenvalue weighted by Gasteiger charge is 2.08. The highest BCUT2D eigenvalue weighted by atomic mass is 16.1. The Kier molecular flexibility index (Phi) is 0.726. The van der Waals surface area contributed by atoms with Crippen molar-refractivity contribution in [3.8, 4) is 0 Å². The molecule has 0 saturated heterocycles. The van der Waals surface area contributed by atoms with Gasteiger partial charge < -0.3 is 11.5 Å². The third kappa shape index (κ3) is 0.812. The lowest BCUT2D eigenvalue weighted by Crippen LogP contribution is -2.12. The molecule has 1 rings (SSSR count). The number of carbonyl (C=O) groups excluding carboxylic acids is 1. The van der Waals surface area contributed by atoms with Gasteiger partial charge in [-0.2, -0.15) is 5.10 Å². The topological polar surface area (TPSA) is 86.9 Å². The minimum atomic E-state index is -2.49. The summed E-state index contributed by atoms with van der Waals surface area (Å²) in [4.78, 5) is 10.7. The summed E-state index contributed by atoms with van der Waals surface area (Å²) in [5.41, 5.74) is 10.2. The molecule has 4 N–H and O–H groups in total. The quantitative estimate of drug-likeness (QED) is 0.534. The average molecular weight is 143 g/mol. The summed E-state index contributed by atoms with van der Waals surface area (Å²) in [5, 5.41) is 3.44. The number of primary amides is 1. The van der Waals surface area contributed by atoms with Gasteiger partial charge in [0.05, 0.1) is 6.20 Å². The molecule has 1 aromatic rings. The summed E-state index contributed by atoms with van der Waals surface area (Å²) in [6.45, 7) is -2.49. The minimum absolute atomic E-state index is 0.0869. The van der Waals surface area contributed by atoms with Gasteiger partial charge in [-0.3, -0.25) is 9.48 Å². The summed E-state index contributed by atoms with van der Waals surface area (Å²) >= 11 is 0. The molecule has 0 spiro atoms. The van der Waals surface area contributed by atoms with Gasteiger partial charge in [-0.1, -0.05) is 0 Å². The van der Waals surface area contributed by atoms with E-state index in [0.29, 0.717) is 4.68 Å². The van der Waals surface area contributed by atoms with Gasteiger partial charge in [0.1, 0.15) is 11.4 Å². The molecule has 0 unspecified atom stereocenters. The van der Waals surface area contributed by atoms with Crippen LogP contribution in [0.15, 0.2) is 6.20 Å². The minimum Gasteiger partial charge on any atom is -0.383 e. The van der Waals surface area contributed by atoms with E-state index in [0.717, 1.165) is 6.20 Å². The summed E-state index contributed by atoms with van der Waals surface area (Å²) in [7, 11) is 0. The lowest BCUT2D eigenvalue weighted by Gasteiger charge is -1.93. The molecule has 0 radical (unpaired) electrons. The van der Waals surface area contributed by atoms with Crippen LogP contribution in [-0.4, -0.2) is 15.7 Å². The van der Waals surface area contributed by atoms with Crippen molar-refractivity contribution >= 4 is 11.7 Å². The fourth-order valence-corrected chi connectivity index (χ4v) is 0.548. The molecule has 5 heteroatoms. The van der Waals surface area contributed by atoms with Gasteiger partial charge >= 0.3 is 0 Å². The zero-order valence-corrected chi connectivity index (χ0v) is 5.03. The molecule has 0 fully saturated rings. The van der Waals surface area contributed by atoms with Gasteiger partial charge in [-0.05, 0) is 0 Å². The average Bonchev–Trinajstić information content (AvgIpc) is 2.28. The van der Waals surface area contributed by atoms with E-state index in [-0.39, 0.29) is 11.4 Å². The Morgan fingerprint density at radius 3 is 3.00 bits per heavy atom. The number of hydrogen-bond acceptors (Lipinski definition) is 3. The highest BCUT2D eigenvalue weighted by molar-refractivity contribution is 5.96. The number of aromatic nitrogens is 2. The first-order valence-electron chi connectivity index (χ1n) is 3.98. The Balaban J connectivity index is 3.22. The number of aryl methyl sites for hydroxylation is 1. The molecule has 0 bridgehead atoms. The van der Waals surface area contributed by atoms with Crippen molar-refractivity contribution in [3.63, 3.8) is 0 Å². The van der Waals surface area contributed by atoms with Crippen molar-refractivity contribution in [3.05, 3.63) is 11.8 Å². The summed E-state index contributed by atoms with van der Waals surface area (Å²) in [5.74, 6) is -1.04. The third-order valence-electron chi connectivity index (χ3n) is 1.07. The van der Waals surface area contributed by atoms with E-state index in [1.807, 2.05) is 0 Å². The van der Waals surface area contributed by atoms with E-state index in [4.69, 9.17) is 15.6 Å². The largest absolute Gasteiger partial charge is 0.383 e. The molecule has 0 saturated carbocycles. The van der Waals surface area contributed by atoms with Crippen LogP contribution in [0.4, 0.5) is 5.82 Å². The summed E-state index contributed by atoms with van der Waals surface area (Å²) in [6.07, 6.45) is 1.03. The fraction of sp³-hybridized carbons (Fsp3) is 0.200. The number of anilines is 1. The molecule has 10 heavy (non-hydrogen) atoms. The standard InChI is InChI=1S/C5H8N4O/c1-9-4(6)3(2-8-9)5(7)10/h2H,6H2,1H3,(H2,7,10)/i1D3. The van der Waals surface area contributed by atoms with Crippen LogP contribution in [0.25, 0.3) is 0 Å². The van der Waals surface area contributed by atoms with Gasteiger partial charge in [0.15, 0.2) is 0 Å². The van der Waals surface area contributed by atoms with Gasteiger partial charge in [0, 0.05) is 11.1 Å². The Hall–Kier alpha value is -1.52. The summed E-state index contributed by atoms with van der Waals surface area (Å²) < 4.78 is 21.5. The predicted molar refractivity (Wildman–Crippen MR) is 36.1 cm³/mol. The monoisotopic (exact) mass is 143 g/mol. The van der Waals surface area contributed by atoms with E-state index in [9.17, 15) is 4.79 Å². The zero-order chi connectivity index (χ0) is 10.2. The number of amides is 1. The number of hydrogen-bond donors (Lipinski definition) is 2. The molecule has 0 aliphatic heterocycles. The Bertz CT molecular complexity index is 342. The lowest BCUT2D eigenvalue weighted by atomic mass is 10.3. The third-order valence-corrected chi connectivity index (χ3v) is 1.07. The maximum Gasteiger partial charge on any atom is 0.254 e. The van der Waals surface area contributed by atoms with Crippen molar-refractivity contribution in [2.75, 3.05) is 5.73 Å². The number of nitrogens with zero attached hydrogens (tertiary/aromatic N) is 2. The van der Waals surface area contributed by atoms with Crippen molar-refractivity contribution in [2.24, 2.45) is 12.7 Å². The lowest BCUT2D eigenvalue weighted by molar-refractivity contribution is 0.100. The van der Waals surface area contributed by atoms with Crippen LogP contribution in [0.3, 0.4) is 0 Å². The van der Waals surface area contributed by atoms with Gasteiger partial charge in [-0.15, -0.1) is 0 Å². The summed E-state index contributed by atoms with van der Waals surface area (Å²) in [6, 6.07) is 0. The predicted octanol–water partition coefficient (Wildman–Crippen LogP) is -0.899. The van der Waals surface area contributed by atoms with Gasteiger partial charge in [0.2, 0.25) is 0 Å². The number of nitrogen functional groups attached to an aromatic ring is 1. The molecule has 0 aromatic carbocycles. The van der Waals surface area contributed by atoms with Crippen LogP contribution in [0.5, 0.6) is 0 Å². The van der Waals surface area contributed by atoms with Crippen LogP contribution in [0, 0.1) is 0 Å². The Morgan fingerprint density at radius 1 is 2.00 bits per heavy atom. The highest BCUT2D eigenvalue weighted by Crippen LogP contribution is 2.06. The number of carbonyl (C=O) groups is 1. The van der Waals surface area contributed by atoms with Crippen molar-refractivity contribution in [2.45, 2.75) is 0 Å². The first-order chi connectivity index (χ1) is 5.84. The van der Waals surface area contributed by atoms with E-state index >= 15 is 0 Å². The van der Waals surface area contributed by atoms with E-state index < -0.39 is 12.9 Å². The maximum absolute atomic E-state index is 10.7. The molecule has 1 aromatic heterocycles. The van der Waals surface area contributed by atoms with Crippen LogP contribution in [-0.2, 0) is 6.98 Å². The molecular weight excluding hydrogens is 132 g/mol. The van der Waals surface area contributed by atoms with E-state index in [2.05, 4.69) is 5.10 Å². The Morgan fingerprint density at radius 2 is 2.70 bits per heavy atom. The SMILES string of the molecule is [2H]C([2H])([2H])n1ncc(C(N)=O)c1N. The van der Waals surface area contributed by atoms with Crippen molar-refractivity contribution in [1.82, 2.24) is 9.78 Å². The first-order valence-corrected chi connectivity index (χ1v) is 2.48. The smallest absolute Gasteiger partial charge is 0.254 e. The molecule has 1 heterocycles. The Labute approximate surface area is 61.8 Å². The van der Waals surface area contributed by atoms with Crippen molar-refractivity contribution in [1.29, 1.82) is 0 Å². The van der Waals surface area contributed by atoms with Crippen molar-refractivity contribution < 1.29 is 8.91 Å². The second kappa shape index (κ2) is 2.02. The molecule has 5 nitrogen and oxygen atoms in total. The van der Waals surface area contributed by atoms with Crippen LogP contribution in [0.2, 0.25) is 0 Å². The molecule has 0 aliphatic rings.